The van der Waals surface area contributed by atoms with Crippen LogP contribution in [-0.4, -0.2) is 30.3 Å². The number of methoxy groups -OCH3 is 1. The van der Waals surface area contributed by atoms with E-state index in [-0.39, 0.29) is 17.8 Å². The highest BCUT2D eigenvalue weighted by atomic mass is 19.1. The Morgan fingerprint density at radius 2 is 2.10 bits per heavy atom. The molecular weight excluding hydrogens is 268 g/mol. The molecule has 0 amide bonds. The van der Waals surface area contributed by atoms with Gasteiger partial charge in [-0.2, -0.15) is 0 Å². The Labute approximate surface area is 115 Å². The van der Waals surface area contributed by atoms with Gasteiger partial charge in [-0.3, -0.25) is 0 Å². The van der Waals surface area contributed by atoms with E-state index in [1.54, 1.807) is 7.11 Å². The summed E-state index contributed by atoms with van der Waals surface area (Å²) in [6.07, 6.45) is 3.59. The maximum atomic E-state index is 13.7. The topological polar surface area (TPSA) is 58.6 Å². The molecule has 1 saturated carbocycles. The Bertz CT molecular complexity index is 507. The van der Waals surface area contributed by atoms with Gasteiger partial charge >= 0.3 is 5.97 Å². The van der Waals surface area contributed by atoms with Crippen LogP contribution >= 0.6 is 0 Å². The highest BCUT2D eigenvalue weighted by Crippen LogP contribution is 2.26. The summed E-state index contributed by atoms with van der Waals surface area (Å²) in [5, 5.41) is 11.8. The van der Waals surface area contributed by atoms with Gasteiger partial charge in [0.2, 0.25) is 0 Å². The number of carboxylic acid groups (broad SMARTS) is 1. The van der Waals surface area contributed by atoms with Crippen LogP contribution in [0.4, 0.5) is 14.5 Å². The lowest BCUT2D eigenvalue weighted by atomic mass is 9.92. The summed E-state index contributed by atoms with van der Waals surface area (Å²) in [6.45, 7) is 0. The van der Waals surface area contributed by atoms with E-state index in [2.05, 4.69) is 5.32 Å². The molecule has 0 aliphatic heterocycles. The van der Waals surface area contributed by atoms with Gasteiger partial charge in [-0.05, 0) is 31.7 Å². The van der Waals surface area contributed by atoms with Crippen LogP contribution in [0, 0.1) is 11.6 Å². The van der Waals surface area contributed by atoms with E-state index >= 15 is 0 Å². The van der Waals surface area contributed by atoms with Gasteiger partial charge < -0.3 is 15.2 Å². The molecule has 2 N–H and O–H groups in total. The number of nitrogens with one attached hydrogen (secondary N) is 1. The van der Waals surface area contributed by atoms with Crippen LogP contribution in [0.1, 0.15) is 36.0 Å². The SMILES string of the molecule is COC1CCCC(Nc2cc(C(=O)O)c(F)cc2F)C1. The molecule has 0 heterocycles. The van der Waals surface area contributed by atoms with Crippen LogP contribution in [-0.2, 0) is 4.74 Å². The molecule has 2 unspecified atom stereocenters. The first-order valence-electron chi connectivity index (χ1n) is 6.53. The van der Waals surface area contributed by atoms with Crippen LogP contribution in [0.15, 0.2) is 12.1 Å². The Hall–Kier alpha value is -1.69. The molecule has 20 heavy (non-hydrogen) atoms. The molecule has 0 saturated heterocycles. The number of benzene rings is 1. The van der Waals surface area contributed by atoms with Crippen LogP contribution in [0.25, 0.3) is 0 Å². The van der Waals surface area contributed by atoms with Crippen LogP contribution < -0.4 is 5.32 Å². The van der Waals surface area contributed by atoms with Gasteiger partial charge in [0.15, 0.2) is 0 Å². The van der Waals surface area contributed by atoms with Crippen molar-refractivity contribution in [3.63, 3.8) is 0 Å². The normalized spacial score (nSPS) is 22.6. The molecule has 2 atom stereocenters. The molecule has 4 nitrogen and oxygen atoms in total. The summed E-state index contributed by atoms with van der Waals surface area (Å²) in [5.41, 5.74) is -0.515. The molecule has 110 valence electrons. The first-order valence-corrected chi connectivity index (χ1v) is 6.53. The second-order valence-corrected chi connectivity index (χ2v) is 4.98. The van der Waals surface area contributed by atoms with Crippen molar-refractivity contribution in [3.8, 4) is 0 Å². The van der Waals surface area contributed by atoms with Crippen LogP contribution in [0.3, 0.4) is 0 Å². The molecule has 1 aromatic carbocycles. The third-order valence-corrected chi connectivity index (χ3v) is 3.61. The van der Waals surface area contributed by atoms with Gasteiger partial charge in [0.25, 0.3) is 0 Å². The third kappa shape index (κ3) is 3.25. The van der Waals surface area contributed by atoms with E-state index in [0.717, 1.165) is 31.7 Å². The molecular formula is C14H17F2NO3. The fourth-order valence-corrected chi connectivity index (χ4v) is 2.53. The number of rotatable bonds is 4. The van der Waals surface area contributed by atoms with Crippen molar-refractivity contribution in [2.45, 2.75) is 37.8 Å². The van der Waals surface area contributed by atoms with Gasteiger partial charge in [-0.25, -0.2) is 13.6 Å². The lowest BCUT2D eigenvalue weighted by Crippen LogP contribution is -2.31. The van der Waals surface area contributed by atoms with E-state index in [1.807, 2.05) is 0 Å². The summed E-state index contributed by atoms with van der Waals surface area (Å²) >= 11 is 0. The molecule has 0 aromatic heterocycles. The first kappa shape index (κ1) is 14.7. The van der Waals surface area contributed by atoms with Crippen molar-refractivity contribution in [1.29, 1.82) is 0 Å². The monoisotopic (exact) mass is 285 g/mol. The largest absolute Gasteiger partial charge is 0.478 e. The number of aromatic carboxylic acids is 1. The Kier molecular flexibility index (Phi) is 4.54. The molecule has 2 rings (SSSR count). The summed E-state index contributed by atoms with van der Waals surface area (Å²) in [7, 11) is 1.63. The molecule has 6 heteroatoms. The molecule has 0 bridgehead atoms. The Morgan fingerprint density at radius 1 is 1.35 bits per heavy atom. The van der Waals surface area contributed by atoms with Gasteiger partial charge in [0, 0.05) is 19.2 Å². The lowest BCUT2D eigenvalue weighted by Gasteiger charge is -2.29. The minimum atomic E-state index is -1.41. The zero-order valence-electron chi connectivity index (χ0n) is 11.2. The fraction of sp³-hybridized carbons (Fsp3) is 0.500. The van der Waals surface area contributed by atoms with Crippen molar-refractivity contribution < 1.29 is 23.4 Å². The summed E-state index contributed by atoms with van der Waals surface area (Å²) in [6, 6.07) is 1.60. The average molecular weight is 285 g/mol. The van der Waals surface area contributed by atoms with E-state index in [1.165, 1.54) is 0 Å². The quantitative estimate of drug-likeness (QED) is 0.892. The number of carboxylic acids is 1. The van der Waals surface area contributed by atoms with Gasteiger partial charge in [0.1, 0.15) is 11.6 Å². The summed E-state index contributed by atoms with van der Waals surface area (Å²) in [4.78, 5) is 10.9. The van der Waals surface area contributed by atoms with E-state index in [9.17, 15) is 13.6 Å². The second-order valence-electron chi connectivity index (χ2n) is 4.98. The maximum absolute atomic E-state index is 13.7. The van der Waals surface area contributed by atoms with Crippen LogP contribution in [0.2, 0.25) is 0 Å². The van der Waals surface area contributed by atoms with Crippen molar-refractivity contribution in [3.05, 3.63) is 29.3 Å². The van der Waals surface area contributed by atoms with Gasteiger partial charge in [-0.1, -0.05) is 0 Å². The maximum Gasteiger partial charge on any atom is 0.338 e. The number of carbonyl (C=O) groups is 1. The molecule has 1 aliphatic carbocycles. The number of ether oxygens (including phenoxy) is 1. The number of hydrogen-bond acceptors (Lipinski definition) is 3. The average Bonchev–Trinajstić information content (AvgIpc) is 2.41. The van der Waals surface area contributed by atoms with E-state index in [4.69, 9.17) is 9.84 Å². The fourth-order valence-electron chi connectivity index (χ4n) is 2.53. The highest BCUT2D eigenvalue weighted by molar-refractivity contribution is 5.89. The predicted molar refractivity (Wildman–Crippen MR) is 70.0 cm³/mol. The van der Waals surface area contributed by atoms with E-state index in [0.29, 0.717) is 6.07 Å². The summed E-state index contributed by atoms with van der Waals surface area (Å²) in [5.74, 6) is -3.27. The highest BCUT2D eigenvalue weighted by Gasteiger charge is 2.23. The van der Waals surface area contributed by atoms with Crippen molar-refractivity contribution >= 4 is 11.7 Å². The van der Waals surface area contributed by atoms with Gasteiger partial charge in [0.05, 0.1) is 17.4 Å². The van der Waals surface area contributed by atoms with Crippen LogP contribution in [0.5, 0.6) is 0 Å². The minimum Gasteiger partial charge on any atom is -0.478 e. The molecule has 0 spiro atoms. The summed E-state index contributed by atoms with van der Waals surface area (Å²) < 4.78 is 32.3. The number of anilines is 1. The van der Waals surface area contributed by atoms with Crippen molar-refractivity contribution in [2.75, 3.05) is 12.4 Å². The molecule has 1 aromatic rings. The zero-order chi connectivity index (χ0) is 14.7. The standard InChI is InChI=1S/C14H17F2NO3/c1-20-9-4-2-3-8(5-9)17-13-6-10(14(18)19)11(15)7-12(13)16/h6-9,17H,2-5H2,1H3,(H,18,19). The van der Waals surface area contributed by atoms with Crippen molar-refractivity contribution in [1.82, 2.24) is 0 Å². The van der Waals surface area contributed by atoms with Crippen molar-refractivity contribution in [2.24, 2.45) is 0 Å². The lowest BCUT2D eigenvalue weighted by molar-refractivity contribution is 0.0667. The number of hydrogen-bond donors (Lipinski definition) is 2. The Morgan fingerprint density at radius 3 is 2.75 bits per heavy atom. The Balaban J connectivity index is 2.16. The second kappa shape index (κ2) is 6.17. The van der Waals surface area contributed by atoms with Gasteiger partial charge in [-0.15, -0.1) is 0 Å². The molecule has 1 aliphatic rings. The molecule has 0 radical (unpaired) electrons. The van der Waals surface area contributed by atoms with E-state index < -0.39 is 23.2 Å². The minimum absolute atomic E-state index is 0.00435. The first-order chi connectivity index (χ1) is 9.51. The zero-order valence-corrected chi connectivity index (χ0v) is 11.2. The molecule has 1 fully saturated rings. The smallest absolute Gasteiger partial charge is 0.338 e. The predicted octanol–water partition coefficient (Wildman–Crippen LogP) is 3.03. The third-order valence-electron chi connectivity index (χ3n) is 3.61. The number of halogens is 2.